The van der Waals surface area contributed by atoms with Gasteiger partial charge in [-0.05, 0) is 50.6 Å². The van der Waals surface area contributed by atoms with Gasteiger partial charge >= 0.3 is 6.09 Å². The third-order valence-corrected chi connectivity index (χ3v) is 3.93. The molecule has 1 amide bonds. The molecule has 0 aromatic heterocycles. The Kier molecular flexibility index (Phi) is 8.41. The molecule has 0 bridgehead atoms. The summed E-state index contributed by atoms with van der Waals surface area (Å²) in [6.07, 6.45) is -0.454. The first-order valence-corrected chi connectivity index (χ1v) is 9.59. The van der Waals surface area contributed by atoms with E-state index in [9.17, 15) is 13.6 Å². The zero-order chi connectivity index (χ0) is 22.1. The average molecular weight is 422 g/mol. The first kappa shape index (κ1) is 23.4. The molecule has 0 atom stereocenters. The fourth-order valence-corrected chi connectivity index (χ4v) is 2.54. The van der Waals surface area contributed by atoms with Crippen molar-refractivity contribution in [3.8, 4) is 11.5 Å². The van der Waals surface area contributed by atoms with Crippen LogP contribution in [0.15, 0.2) is 36.4 Å². The van der Waals surface area contributed by atoms with E-state index < -0.39 is 23.3 Å². The van der Waals surface area contributed by atoms with Crippen LogP contribution in [0.1, 0.15) is 31.9 Å². The van der Waals surface area contributed by atoms with Gasteiger partial charge in [-0.3, -0.25) is 0 Å². The van der Waals surface area contributed by atoms with Crippen molar-refractivity contribution >= 4 is 6.09 Å². The van der Waals surface area contributed by atoms with Gasteiger partial charge in [-0.1, -0.05) is 6.07 Å². The van der Waals surface area contributed by atoms with E-state index in [1.54, 1.807) is 6.07 Å². The highest BCUT2D eigenvalue weighted by Gasteiger charge is 2.15. The summed E-state index contributed by atoms with van der Waals surface area (Å²) in [5.41, 5.74) is 0.673. The zero-order valence-corrected chi connectivity index (χ0v) is 17.7. The molecule has 0 spiro atoms. The summed E-state index contributed by atoms with van der Waals surface area (Å²) in [4.78, 5) is 11.6. The van der Waals surface area contributed by atoms with Crippen molar-refractivity contribution in [1.29, 1.82) is 0 Å². The van der Waals surface area contributed by atoms with Crippen LogP contribution < -0.4 is 20.1 Å². The predicted octanol–water partition coefficient (Wildman–Crippen LogP) is 4.17. The second-order valence-electron chi connectivity index (χ2n) is 7.62. The van der Waals surface area contributed by atoms with Gasteiger partial charge in [-0.2, -0.15) is 0 Å². The van der Waals surface area contributed by atoms with Crippen molar-refractivity contribution in [3.05, 3.63) is 59.2 Å². The van der Waals surface area contributed by atoms with Crippen LogP contribution in [0.25, 0.3) is 0 Å². The maximum absolute atomic E-state index is 13.7. The average Bonchev–Trinajstić information content (AvgIpc) is 2.66. The number of benzene rings is 2. The first-order valence-electron chi connectivity index (χ1n) is 9.59. The number of halogens is 2. The van der Waals surface area contributed by atoms with Gasteiger partial charge in [0.05, 0.1) is 7.11 Å². The van der Waals surface area contributed by atoms with Crippen molar-refractivity contribution in [1.82, 2.24) is 10.6 Å². The summed E-state index contributed by atoms with van der Waals surface area (Å²) in [6, 6.07) is 8.75. The van der Waals surface area contributed by atoms with E-state index in [0.29, 0.717) is 31.1 Å². The molecule has 164 valence electrons. The zero-order valence-electron chi connectivity index (χ0n) is 17.7. The number of hydrogen-bond donors (Lipinski definition) is 2. The normalized spacial score (nSPS) is 11.1. The van der Waals surface area contributed by atoms with Crippen molar-refractivity contribution in [2.24, 2.45) is 0 Å². The predicted molar refractivity (Wildman–Crippen MR) is 110 cm³/mol. The quantitative estimate of drug-likeness (QED) is 0.594. The maximum Gasteiger partial charge on any atom is 0.407 e. The maximum atomic E-state index is 13.7. The molecule has 0 aliphatic heterocycles. The number of ether oxygens (including phenoxy) is 3. The van der Waals surface area contributed by atoms with Crippen molar-refractivity contribution in [2.75, 3.05) is 20.2 Å². The standard InChI is InChI=1S/C22H28F2N2O4/c1-22(2,3)30-21(27)26-10-9-25-13-15-5-8-19(20(11-15)28-4)29-14-16-6-7-17(23)12-18(16)24/h5-8,11-12,25H,9-10,13-14H2,1-4H3,(H,26,27). The molecular formula is C22H28F2N2O4. The highest BCUT2D eigenvalue weighted by atomic mass is 19.1. The van der Waals surface area contributed by atoms with Crippen LogP contribution in [0, 0.1) is 11.6 Å². The fourth-order valence-electron chi connectivity index (χ4n) is 2.54. The van der Waals surface area contributed by atoms with Crippen LogP contribution in [-0.2, 0) is 17.9 Å². The third-order valence-electron chi connectivity index (χ3n) is 3.93. The highest BCUT2D eigenvalue weighted by molar-refractivity contribution is 5.67. The molecule has 0 saturated heterocycles. The first-order chi connectivity index (χ1) is 14.2. The number of rotatable bonds is 9. The van der Waals surface area contributed by atoms with Gasteiger partial charge in [0.15, 0.2) is 11.5 Å². The second-order valence-corrected chi connectivity index (χ2v) is 7.62. The number of methoxy groups -OCH3 is 1. The lowest BCUT2D eigenvalue weighted by molar-refractivity contribution is 0.0528. The van der Waals surface area contributed by atoms with Crippen LogP contribution in [0.5, 0.6) is 11.5 Å². The summed E-state index contributed by atoms with van der Waals surface area (Å²) in [5, 5.41) is 5.88. The summed E-state index contributed by atoms with van der Waals surface area (Å²) in [5.74, 6) is -0.331. The summed E-state index contributed by atoms with van der Waals surface area (Å²) < 4.78 is 42.9. The van der Waals surface area contributed by atoms with E-state index >= 15 is 0 Å². The lowest BCUT2D eigenvalue weighted by atomic mass is 10.2. The van der Waals surface area contributed by atoms with Crippen LogP contribution in [-0.4, -0.2) is 31.9 Å². The Morgan fingerprint density at radius 3 is 2.47 bits per heavy atom. The summed E-state index contributed by atoms with van der Waals surface area (Å²) in [6.45, 7) is 6.92. The molecule has 6 nitrogen and oxygen atoms in total. The Morgan fingerprint density at radius 1 is 1.03 bits per heavy atom. The number of carbonyl (C=O) groups is 1. The fraction of sp³-hybridized carbons (Fsp3) is 0.409. The SMILES string of the molecule is COc1cc(CNCCNC(=O)OC(C)(C)C)ccc1OCc1ccc(F)cc1F. The molecule has 2 aromatic carbocycles. The van der Waals surface area contributed by atoms with Gasteiger partial charge in [0.1, 0.15) is 23.8 Å². The largest absolute Gasteiger partial charge is 0.493 e. The highest BCUT2D eigenvalue weighted by Crippen LogP contribution is 2.29. The number of hydrogen-bond acceptors (Lipinski definition) is 5. The van der Waals surface area contributed by atoms with Gasteiger partial charge in [0.25, 0.3) is 0 Å². The Bertz CT molecular complexity index is 854. The molecule has 0 fully saturated rings. The number of nitrogens with one attached hydrogen (secondary N) is 2. The molecule has 2 aromatic rings. The molecule has 0 aliphatic carbocycles. The third kappa shape index (κ3) is 7.87. The molecule has 0 radical (unpaired) electrons. The molecule has 0 unspecified atom stereocenters. The smallest absolute Gasteiger partial charge is 0.407 e. The molecular weight excluding hydrogens is 394 g/mol. The lowest BCUT2D eigenvalue weighted by Crippen LogP contribution is -2.36. The van der Waals surface area contributed by atoms with Crippen molar-refractivity contribution in [3.63, 3.8) is 0 Å². The summed E-state index contributed by atoms with van der Waals surface area (Å²) >= 11 is 0. The number of amides is 1. The number of alkyl carbamates (subject to hydrolysis) is 1. The minimum atomic E-state index is -0.658. The Morgan fingerprint density at radius 2 is 1.80 bits per heavy atom. The molecule has 0 aliphatic rings. The Balaban J connectivity index is 1.81. The molecule has 0 saturated carbocycles. The second kappa shape index (κ2) is 10.8. The summed E-state index contributed by atoms with van der Waals surface area (Å²) in [7, 11) is 1.52. The van der Waals surface area contributed by atoms with Gasteiger partial charge in [-0.25, -0.2) is 13.6 Å². The van der Waals surface area contributed by atoms with E-state index in [1.807, 2.05) is 32.9 Å². The molecule has 8 heteroatoms. The lowest BCUT2D eigenvalue weighted by Gasteiger charge is -2.19. The minimum absolute atomic E-state index is 0.0452. The van der Waals surface area contributed by atoms with Crippen molar-refractivity contribution < 1.29 is 27.8 Å². The number of carbonyl (C=O) groups excluding carboxylic acids is 1. The van der Waals surface area contributed by atoms with Crippen LogP contribution in [0.4, 0.5) is 13.6 Å². The molecule has 2 rings (SSSR count). The van der Waals surface area contributed by atoms with Crippen molar-refractivity contribution in [2.45, 2.75) is 39.5 Å². The molecule has 2 N–H and O–H groups in total. The van der Waals surface area contributed by atoms with Gasteiger partial charge in [-0.15, -0.1) is 0 Å². The monoisotopic (exact) mass is 422 g/mol. The van der Waals surface area contributed by atoms with Crippen LogP contribution in [0.2, 0.25) is 0 Å². The molecule has 30 heavy (non-hydrogen) atoms. The van der Waals surface area contributed by atoms with Gasteiger partial charge < -0.3 is 24.8 Å². The van der Waals surface area contributed by atoms with Gasteiger partial charge in [0, 0.05) is 31.3 Å². The van der Waals surface area contributed by atoms with E-state index in [-0.39, 0.29) is 12.2 Å². The van der Waals surface area contributed by atoms with Gasteiger partial charge in [0.2, 0.25) is 0 Å². The van der Waals surface area contributed by atoms with Crippen LogP contribution >= 0.6 is 0 Å². The Hall–Kier alpha value is -2.87. The molecule has 0 heterocycles. The van der Waals surface area contributed by atoms with E-state index in [1.165, 1.54) is 19.2 Å². The van der Waals surface area contributed by atoms with Crippen LogP contribution in [0.3, 0.4) is 0 Å². The topological polar surface area (TPSA) is 68.8 Å². The van der Waals surface area contributed by atoms with E-state index in [2.05, 4.69) is 10.6 Å². The van der Waals surface area contributed by atoms with E-state index in [0.717, 1.165) is 11.6 Å². The minimum Gasteiger partial charge on any atom is -0.493 e. The Labute approximate surface area is 175 Å². The van der Waals surface area contributed by atoms with E-state index in [4.69, 9.17) is 14.2 Å².